The van der Waals surface area contributed by atoms with E-state index in [-0.39, 0.29) is 5.56 Å². The van der Waals surface area contributed by atoms with Crippen molar-refractivity contribution in [2.45, 2.75) is 38.1 Å². The molecule has 0 aromatic heterocycles. The third-order valence-electron chi connectivity index (χ3n) is 4.32. The number of nitrogens with one attached hydrogen (secondary N) is 1. The number of allylic oxidation sites excluding steroid dienone is 2. The summed E-state index contributed by atoms with van der Waals surface area (Å²) in [5.41, 5.74) is 2.46. The Bertz CT molecular complexity index is 536. The minimum Gasteiger partial charge on any atom is -0.545 e. The van der Waals surface area contributed by atoms with Crippen molar-refractivity contribution in [3.63, 3.8) is 0 Å². The molecule has 1 aromatic carbocycles. The highest BCUT2D eigenvalue weighted by Gasteiger charge is 2.36. The number of anilines is 1. The van der Waals surface area contributed by atoms with Crippen molar-refractivity contribution >= 4 is 11.7 Å². The summed E-state index contributed by atoms with van der Waals surface area (Å²) in [5, 5.41) is 14.6. The van der Waals surface area contributed by atoms with Crippen molar-refractivity contribution in [3.8, 4) is 0 Å². The number of hydrogen-bond donors (Lipinski definition) is 1. The molecule has 3 atom stereocenters. The van der Waals surface area contributed by atoms with E-state index < -0.39 is 5.97 Å². The van der Waals surface area contributed by atoms with Crippen LogP contribution >= 0.6 is 0 Å². The van der Waals surface area contributed by atoms with Crippen LogP contribution in [0.2, 0.25) is 0 Å². The minimum atomic E-state index is -1.10. The van der Waals surface area contributed by atoms with E-state index in [1.54, 1.807) is 12.1 Å². The SMILES string of the molecule is CCC[C@@H]1Nc2ccc(C(=O)[O-])cc2[C@H]2C=CC[C@H]12. The standard InChI is InChI=1S/C16H19NO2/c1-2-4-14-12-6-3-5-11(12)13-9-10(16(18)19)7-8-15(13)17-14/h3,5,7-9,11-12,14,17H,2,4,6H2,1H3,(H,18,19)/p-1/t11-,12-,14-/m0/s1. The molecule has 3 rings (SSSR count). The zero-order valence-electron chi connectivity index (χ0n) is 11.1. The quantitative estimate of drug-likeness (QED) is 0.844. The Morgan fingerprint density at radius 2 is 2.32 bits per heavy atom. The van der Waals surface area contributed by atoms with Crippen LogP contribution in [0.3, 0.4) is 0 Å². The number of rotatable bonds is 3. The molecule has 3 nitrogen and oxygen atoms in total. The molecule has 0 unspecified atom stereocenters. The first kappa shape index (κ1) is 12.3. The average Bonchev–Trinajstić information content (AvgIpc) is 2.88. The maximum Gasteiger partial charge on any atom is 0.0715 e. The predicted molar refractivity (Wildman–Crippen MR) is 73.1 cm³/mol. The molecule has 19 heavy (non-hydrogen) atoms. The number of benzene rings is 1. The van der Waals surface area contributed by atoms with E-state index in [9.17, 15) is 9.90 Å². The average molecular weight is 256 g/mol. The summed E-state index contributed by atoms with van der Waals surface area (Å²) < 4.78 is 0. The number of carboxylic acids is 1. The van der Waals surface area contributed by atoms with Gasteiger partial charge in [0.2, 0.25) is 0 Å². The zero-order valence-corrected chi connectivity index (χ0v) is 11.1. The third kappa shape index (κ3) is 2.03. The number of fused-ring (bicyclic) bond motifs is 3. The van der Waals surface area contributed by atoms with Gasteiger partial charge in [0, 0.05) is 17.6 Å². The van der Waals surface area contributed by atoms with Gasteiger partial charge in [-0.05, 0) is 42.0 Å². The lowest BCUT2D eigenvalue weighted by molar-refractivity contribution is -0.255. The Morgan fingerprint density at radius 3 is 3.05 bits per heavy atom. The molecule has 0 bridgehead atoms. The molecule has 1 aliphatic carbocycles. The molecular weight excluding hydrogens is 238 g/mol. The number of carbonyl (C=O) groups excluding carboxylic acids is 1. The summed E-state index contributed by atoms with van der Waals surface area (Å²) in [4.78, 5) is 11.0. The highest BCUT2D eigenvalue weighted by atomic mass is 16.4. The molecule has 1 N–H and O–H groups in total. The van der Waals surface area contributed by atoms with Crippen LogP contribution in [-0.4, -0.2) is 12.0 Å². The zero-order chi connectivity index (χ0) is 13.4. The van der Waals surface area contributed by atoms with Gasteiger partial charge in [-0.2, -0.15) is 0 Å². The van der Waals surface area contributed by atoms with E-state index in [4.69, 9.17) is 0 Å². The van der Waals surface area contributed by atoms with Crippen LogP contribution in [0.15, 0.2) is 30.4 Å². The molecule has 0 radical (unpaired) electrons. The van der Waals surface area contributed by atoms with E-state index in [0.717, 1.165) is 30.5 Å². The van der Waals surface area contributed by atoms with Crippen LogP contribution in [0, 0.1) is 5.92 Å². The topological polar surface area (TPSA) is 52.2 Å². The maximum atomic E-state index is 11.0. The predicted octanol–water partition coefficient (Wildman–Crippen LogP) is 2.30. The van der Waals surface area contributed by atoms with Gasteiger partial charge in [0.1, 0.15) is 0 Å². The molecule has 100 valence electrons. The first-order chi connectivity index (χ1) is 9.20. The molecule has 2 aliphatic rings. The summed E-state index contributed by atoms with van der Waals surface area (Å²) in [6, 6.07) is 5.77. The first-order valence-electron chi connectivity index (χ1n) is 6.99. The van der Waals surface area contributed by atoms with E-state index >= 15 is 0 Å². The molecule has 0 spiro atoms. The summed E-state index contributed by atoms with van der Waals surface area (Å²) in [7, 11) is 0. The summed E-state index contributed by atoms with van der Waals surface area (Å²) in [6.07, 6.45) is 7.85. The molecule has 1 aliphatic heterocycles. The van der Waals surface area contributed by atoms with Gasteiger partial charge in [-0.15, -0.1) is 0 Å². The van der Waals surface area contributed by atoms with Crippen LogP contribution in [0.1, 0.15) is 48.0 Å². The van der Waals surface area contributed by atoms with Crippen LogP contribution in [-0.2, 0) is 0 Å². The smallest absolute Gasteiger partial charge is 0.0715 e. The van der Waals surface area contributed by atoms with E-state index in [1.807, 2.05) is 6.07 Å². The fraction of sp³-hybridized carbons (Fsp3) is 0.438. The highest BCUT2D eigenvalue weighted by Crippen LogP contribution is 2.45. The summed E-state index contributed by atoms with van der Waals surface area (Å²) in [5.74, 6) is -0.187. The van der Waals surface area contributed by atoms with E-state index in [1.165, 1.54) is 0 Å². The monoisotopic (exact) mass is 256 g/mol. The fourth-order valence-electron chi connectivity index (χ4n) is 3.42. The second kappa shape index (κ2) is 4.72. The normalized spacial score (nSPS) is 27.5. The molecular formula is C16H18NO2-. The lowest BCUT2D eigenvalue weighted by atomic mass is 9.77. The van der Waals surface area contributed by atoms with Gasteiger partial charge in [-0.25, -0.2) is 0 Å². The molecule has 1 aromatic rings. The van der Waals surface area contributed by atoms with E-state index in [2.05, 4.69) is 24.4 Å². The van der Waals surface area contributed by atoms with Crippen molar-refractivity contribution in [2.75, 3.05) is 5.32 Å². The molecule has 0 saturated heterocycles. The van der Waals surface area contributed by atoms with Crippen molar-refractivity contribution in [1.29, 1.82) is 0 Å². The molecule has 0 amide bonds. The Labute approximate surface area is 113 Å². The van der Waals surface area contributed by atoms with Gasteiger partial charge in [-0.3, -0.25) is 0 Å². The van der Waals surface area contributed by atoms with Crippen LogP contribution in [0.5, 0.6) is 0 Å². The Balaban J connectivity index is 2.00. The maximum absolute atomic E-state index is 11.0. The van der Waals surface area contributed by atoms with Gasteiger partial charge in [0.15, 0.2) is 0 Å². The van der Waals surface area contributed by atoms with Gasteiger partial charge < -0.3 is 15.2 Å². The molecule has 0 fully saturated rings. The van der Waals surface area contributed by atoms with Crippen LogP contribution in [0.4, 0.5) is 5.69 Å². The third-order valence-corrected chi connectivity index (χ3v) is 4.32. The second-order valence-electron chi connectivity index (χ2n) is 5.48. The molecule has 0 saturated carbocycles. The fourth-order valence-corrected chi connectivity index (χ4v) is 3.42. The van der Waals surface area contributed by atoms with Crippen LogP contribution < -0.4 is 10.4 Å². The largest absolute Gasteiger partial charge is 0.545 e. The van der Waals surface area contributed by atoms with Crippen molar-refractivity contribution < 1.29 is 9.90 Å². The number of carbonyl (C=O) groups is 1. The highest BCUT2D eigenvalue weighted by molar-refractivity contribution is 5.87. The van der Waals surface area contributed by atoms with Crippen molar-refractivity contribution in [1.82, 2.24) is 0 Å². The van der Waals surface area contributed by atoms with Crippen LogP contribution in [0.25, 0.3) is 0 Å². The van der Waals surface area contributed by atoms with Gasteiger partial charge in [-0.1, -0.05) is 31.6 Å². The Morgan fingerprint density at radius 1 is 1.47 bits per heavy atom. The summed E-state index contributed by atoms with van der Waals surface area (Å²) in [6.45, 7) is 2.20. The Kier molecular flexibility index (Phi) is 3.05. The number of aromatic carboxylic acids is 1. The number of carboxylic acid groups (broad SMARTS) is 1. The van der Waals surface area contributed by atoms with Gasteiger partial charge in [0.25, 0.3) is 0 Å². The van der Waals surface area contributed by atoms with Gasteiger partial charge in [0.05, 0.1) is 5.97 Å². The number of hydrogen-bond acceptors (Lipinski definition) is 3. The lowest BCUT2D eigenvalue weighted by Gasteiger charge is -2.37. The second-order valence-corrected chi connectivity index (χ2v) is 5.48. The molecule has 1 heterocycles. The van der Waals surface area contributed by atoms with Gasteiger partial charge >= 0.3 is 0 Å². The lowest BCUT2D eigenvalue weighted by Crippen LogP contribution is -2.36. The van der Waals surface area contributed by atoms with Crippen molar-refractivity contribution in [3.05, 3.63) is 41.5 Å². The molecule has 3 heteroatoms. The first-order valence-corrected chi connectivity index (χ1v) is 6.99. The van der Waals surface area contributed by atoms with Crippen molar-refractivity contribution in [2.24, 2.45) is 5.92 Å². The summed E-state index contributed by atoms with van der Waals surface area (Å²) >= 11 is 0. The minimum absolute atomic E-state index is 0.272. The Hall–Kier alpha value is -1.77. The van der Waals surface area contributed by atoms with E-state index in [0.29, 0.717) is 17.9 Å².